The van der Waals surface area contributed by atoms with Gasteiger partial charge in [0.05, 0.1) is 42.1 Å². The quantitative estimate of drug-likeness (QED) is 0.149. The van der Waals surface area contributed by atoms with Gasteiger partial charge in [0.25, 0.3) is 0 Å². The summed E-state index contributed by atoms with van der Waals surface area (Å²) >= 11 is 0. The van der Waals surface area contributed by atoms with Crippen LogP contribution in [-0.4, -0.2) is 63.1 Å². The van der Waals surface area contributed by atoms with E-state index in [1.807, 2.05) is 38.2 Å². The second kappa shape index (κ2) is 12.8. The summed E-state index contributed by atoms with van der Waals surface area (Å²) in [4.78, 5) is 43.7. The molecule has 2 amide bonds. The lowest BCUT2D eigenvalue weighted by atomic mass is 9.97. The number of methoxy groups -OCH3 is 1. The first-order valence-corrected chi connectivity index (χ1v) is 16.5. The van der Waals surface area contributed by atoms with Gasteiger partial charge in [-0.2, -0.15) is 0 Å². The lowest BCUT2D eigenvalue weighted by Gasteiger charge is -2.30. The number of hydrogen-bond acceptors (Lipinski definition) is 6. The molecule has 244 valence electrons. The molecule has 0 saturated carbocycles. The number of carbonyl (C=O) groups is 2. The summed E-state index contributed by atoms with van der Waals surface area (Å²) in [6, 6.07) is 14.7. The van der Waals surface area contributed by atoms with Crippen molar-refractivity contribution < 1.29 is 18.7 Å². The van der Waals surface area contributed by atoms with Gasteiger partial charge < -0.3 is 30.2 Å². The van der Waals surface area contributed by atoms with Crippen LogP contribution in [0.5, 0.6) is 0 Å². The van der Waals surface area contributed by atoms with Crippen LogP contribution in [0, 0.1) is 11.7 Å². The van der Waals surface area contributed by atoms with Gasteiger partial charge in [0.1, 0.15) is 23.5 Å². The number of ether oxygens (including phenoxy) is 1. The number of fused-ring (bicyclic) bond motifs is 2. The molecule has 2 fully saturated rings. The standard InChI is InChI=1S/C36H40FN7O3/c1-4-20(2)32(43-36(46)47-3)35(45)44-14-6-8-31(44)34-40-28-17-25(26(37)18-29(28)41-34)23-11-9-22-16-24(12-10-21(22)15-23)30-19-39-33(42-30)27-7-5-13-38-27/h9-12,15-20,27,31-32,38H,4-8,13-14H2,1-3H3,(H,39,42)(H,40,41)(H,43,46)/t20-,27-,31-,32-/m0/s1. The minimum Gasteiger partial charge on any atom is -0.453 e. The Morgan fingerprint density at radius 3 is 2.57 bits per heavy atom. The molecule has 0 spiro atoms. The minimum absolute atomic E-state index is 0.0822. The van der Waals surface area contributed by atoms with Crippen LogP contribution >= 0.6 is 0 Å². The SMILES string of the molecule is CC[C@H](C)[C@H](NC(=O)OC)C(=O)N1CCC[C@H]1c1nc2cc(F)c(-c3ccc4cc(-c5cnc([C@@H]6CCCN6)[nH]5)ccc4c3)cc2[nH]1. The number of rotatable bonds is 8. The Kier molecular flexibility index (Phi) is 8.40. The van der Waals surface area contributed by atoms with Gasteiger partial charge in [0.15, 0.2) is 0 Å². The van der Waals surface area contributed by atoms with Crippen molar-refractivity contribution in [3.8, 4) is 22.4 Å². The number of aromatic nitrogens is 4. The van der Waals surface area contributed by atoms with Crippen molar-refractivity contribution in [1.29, 1.82) is 0 Å². The Labute approximate surface area is 272 Å². The Morgan fingerprint density at radius 1 is 1.04 bits per heavy atom. The van der Waals surface area contributed by atoms with Crippen LogP contribution in [0.1, 0.15) is 69.7 Å². The van der Waals surface area contributed by atoms with Crippen molar-refractivity contribution in [3.05, 3.63) is 72.2 Å². The molecular formula is C36H40FN7O3. The van der Waals surface area contributed by atoms with Crippen LogP contribution in [0.25, 0.3) is 44.2 Å². The highest BCUT2D eigenvalue weighted by Crippen LogP contribution is 2.35. The molecule has 2 saturated heterocycles. The molecule has 2 aliphatic rings. The fourth-order valence-electron chi connectivity index (χ4n) is 6.95. The number of benzene rings is 3. The van der Waals surface area contributed by atoms with Crippen LogP contribution in [-0.2, 0) is 9.53 Å². The molecule has 47 heavy (non-hydrogen) atoms. The first-order chi connectivity index (χ1) is 22.8. The van der Waals surface area contributed by atoms with Crippen molar-refractivity contribution in [2.24, 2.45) is 5.92 Å². The van der Waals surface area contributed by atoms with Gasteiger partial charge in [-0.05, 0) is 72.7 Å². The summed E-state index contributed by atoms with van der Waals surface area (Å²) in [5, 5.41) is 8.26. The van der Waals surface area contributed by atoms with E-state index >= 15 is 4.39 Å². The van der Waals surface area contributed by atoms with Gasteiger partial charge >= 0.3 is 6.09 Å². The smallest absolute Gasteiger partial charge is 0.407 e. The van der Waals surface area contributed by atoms with Crippen molar-refractivity contribution >= 4 is 33.8 Å². The maximum Gasteiger partial charge on any atom is 0.407 e. The van der Waals surface area contributed by atoms with Crippen molar-refractivity contribution in [3.63, 3.8) is 0 Å². The molecule has 2 aliphatic heterocycles. The van der Waals surface area contributed by atoms with Gasteiger partial charge in [0.2, 0.25) is 5.91 Å². The van der Waals surface area contributed by atoms with Gasteiger partial charge in [0, 0.05) is 23.7 Å². The van der Waals surface area contributed by atoms with E-state index in [0.29, 0.717) is 35.4 Å². The summed E-state index contributed by atoms with van der Waals surface area (Å²) in [6.07, 6.45) is 5.73. The number of likely N-dealkylation sites (tertiary alicyclic amines) is 1. The maximum absolute atomic E-state index is 15.6. The zero-order valence-electron chi connectivity index (χ0n) is 26.9. The first-order valence-electron chi connectivity index (χ1n) is 16.5. The number of carbonyl (C=O) groups excluding carboxylic acids is 2. The Bertz CT molecular complexity index is 1950. The molecule has 0 bridgehead atoms. The van der Waals surface area contributed by atoms with E-state index in [1.54, 1.807) is 11.0 Å². The largest absolute Gasteiger partial charge is 0.453 e. The minimum atomic E-state index is -0.711. The van der Waals surface area contributed by atoms with E-state index in [2.05, 4.69) is 43.8 Å². The zero-order valence-corrected chi connectivity index (χ0v) is 26.9. The zero-order chi connectivity index (χ0) is 32.7. The average molecular weight is 638 g/mol. The molecule has 4 atom stereocenters. The van der Waals surface area contributed by atoms with E-state index in [0.717, 1.165) is 65.6 Å². The summed E-state index contributed by atoms with van der Waals surface area (Å²) in [5.74, 6) is 0.966. The van der Waals surface area contributed by atoms with Crippen LogP contribution in [0.15, 0.2) is 54.7 Å². The summed E-state index contributed by atoms with van der Waals surface area (Å²) < 4.78 is 20.4. The van der Waals surface area contributed by atoms with Crippen LogP contribution < -0.4 is 10.6 Å². The topological polar surface area (TPSA) is 128 Å². The van der Waals surface area contributed by atoms with Crippen molar-refractivity contribution in [1.82, 2.24) is 35.5 Å². The predicted molar refractivity (Wildman–Crippen MR) is 179 cm³/mol. The molecule has 0 radical (unpaired) electrons. The van der Waals surface area contributed by atoms with Gasteiger partial charge in [-0.25, -0.2) is 19.2 Å². The third-order valence-corrected chi connectivity index (χ3v) is 9.83. The monoisotopic (exact) mass is 637 g/mol. The number of nitrogens with one attached hydrogen (secondary N) is 4. The number of H-pyrrole nitrogens is 2. The molecule has 0 aliphatic carbocycles. The van der Waals surface area contributed by atoms with Gasteiger partial charge in [-0.3, -0.25) is 4.79 Å². The highest BCUT2D eigenvalue weighted by Gasteiger charge is 2.38. The fourth-order valence-corrected chi connectivity index (χ4v) is 6.95. The van der Waals surface area contributed by atoms with Crippen molar-refractivity contribution in [2.75, 3.05) is 20.2 Å². The summed E-state index contributed by atoms with van der Waals surface area (Å²) in [7, 11) is 1.29. The molecule has 2 aromatic heterocycles. The molecule has 10 nitrogen and oxygen atoms in total. The number of alkyl carbamates (subject to hydrolysis) is 1. The first kappa shape index (κ1) is 30.9. The van der Waals surface area contributed by atoms with E-state index < -0.39 is 12.1 Å². The maximum atomic E-state index is 15.6. The Morgan fingerprint density at radius 2 is 1.83 bits per heavy atom. The van der Waals surface area contributed by atoms with Crippen LogP contribution in [0.4, 0.5) is 9.18 Å². The third-order valence-electron chi connectivity index (χ3n) is 9.83. The number of hydrogen-bond donors (Lipinski definition) is 4. The predicted octanol–water partition coefficient (Wildman–Crippen LogP) is 6.77. The van der Waals surface area contributed by atoms with Crippen molar-refractivity contribution in [2.45, 2.75) is 64.1 Å². The number of imidazole rings is 2. The molecule has 11 heteroatoms. The van der Waals surface area contributed by atoms with Gasteiger partial charge in [-0.15, -0.1) is 0 Å². The van der Waals surface area contributed by atoms with Gasteiger partial charge in [-0.1, -0.05) is 44.5 Å². The average Bonchev–Trinajstić information content (AvgIpc) is 3.92. The second-order valence-electron chi connectivity index (χ2n) is 12.8. The molecule has 5 aromatic rings. The number of nitrogens with zero attached hydrogens (tertiary/aromatic N) is 3. The number of amides is 2. The van der Waals surface area contributed by atoms with E-state index in [1.165, 1.54) is 13.2 Å². The second-order valence-corrected chi connectivity index (χ2v) is 12.8. The van der Waals surface area contributed by atoms with E-state index in [-0.39, 0.29) is 29.7 Å². The normalized spacial score (nSPS) is 19.4. The fraction of sp³-hybridized carbons (Fsp3) is 0.389. The molecule has 4 N–H and O–H groups in total. The number of halogens is 1. The molecule has 3 aromatic carbocycles. The molecule has 7 rings (SSSR count). The highest BCUT2D eigenvalue weighted by atomic mass is 19.1. The van der Waals surface area contributed by atoms with E-state index in [9.17, 15) is 9.59 Å². The third kappa shape index (κ3) is 5.95. The lowest BCUT2D eigenvalue weighted by Crippen LogP contribution is -2.51. The summed E-state index contributed by atoms with van der Waals surface area (Å²) in [5.41, 5.74) is 4.46. The Balaban J connectivity index is 1.14. The van der Waals surface area contributed by atoms with E-state index in [4.69, 9.17) is 9.72 Å². The molecule has 4 heterocycles. The number of aromatic amines is 2. The highest BCUT2D eigenvalue weighted by molar-refractivity contribution is 5.92. The van der Waals surface area contributed by atoms with Crippen LogP contribution in [0.3, 0.4) is 0 Å². The Hall–Kier alpha value is -4.77. The molecular weight excluding hydrogens is 597 g/mol. The van der Waals surface area contributed by atoms with Crippen LogP contribution in [0.2, 0.25) is 0 Å². The summed E-state index contributed by atoms with van der Waals surface area (Å²) in [6.45, 7) is 5.48. The molecule has 0 unspecified atom stereocenters. The lowest BCUT2D eigenvalue weighted by molar-refractivity contribution is -0.135.